The van der Waals surface area contributed by atoms with Crippen LogP contribution in [0.25, 0.3) is 10.9 Å². The molecule has 0 fully saturated rings. The summed E-state index contributed by atoms with van der Waals surface area (Å²) in [5.74, 6) is 0.589. The highest BCUT2D eigenvalue weighted by Gasteiger charge is 2.14. The van der Waals surface area contributed by atoms with Gasteiger partial charge in [0, 0.05) is 22.2 Å². The van der Waals surface area contributed by atoms with Crippen LogP contribution in [-0.4, -0.2) is 10.1 Å². The van der Waals surface area contributed by atoms with Gasteiger partial charge in [0.15, 0.2) is 0 Å². The van der Waals surface area contributed by atoms with Crippen LogP contribution in [0.5, 0.6) is 0 Å². The molecule has 1 aromatic heterocycles. The summed E-state index contributed by atoms with van der Waals surface area (Å²) in [7, 11) is 0. The molecule has 0 saturated carbocycles. The molecule has 1 aromatic carbocycles. The number of aromatic nitrogens is 1. The zero-order chi connectivity index (χ0) is 13.1. The average molecular weight is 264 g/mol. The van der Waals surface area contributed by atoms with E-state index in [1.807, 2.05) is 24.3 Å². The molecule has 0 spiro atoms. The molecule has 1 N–H and O–H groups in total. The summed E-state index contributed by atoms with van der Waals surface area (Å²) in [5.41, 5.74) is 1.68. The van der Waals surface area contributed by atoms with Crippen molar-refractivity contribution in [3.05, 3.63) is 41.0 Å². The molecule has 0 amide bonds. The van der Waals surface area contributed by atoms with Crippen molar-refractivity contribution < 1.29 is 5.11 Å². The molecule has 1 heterocycles. The second kappa shape index (κ2) is 5.68. The summed E-state index contributed by atoms with van der Waals surface area (Å²) in [6, 6.07) is 7.50. The normalized spacial score (nSPS) is 13.2. The Morgan fingerprint density at radius 3 is 2.72 bits per heavy atom. The number of pyridine rings is 1. The number of halogens is 1. The van der Waals surface area contributed by atoms with Gasteiger partial charge in [-0.25, -0.2) is 0 Å². The van der Waals surface area contributed by atoms with Gasteiger partial charge in [-0.2, -0.15) is 0 Å². The third kappa shape index (κ3) is 2.82. The molecule has 0 aliphatic rings. The topological polar surface area (TPSA) is 33.1 Å². The number of aliphatic hydroxyl groups excluding tert-OH is 1. The van der Waals surface area contributed by atoms with Crippen LogP contribution in [0.15, 0.2) is 30.5 Å². The molecular formula is C15H18ClNO. The summed E-state index contributed by atoms with van der Waals surface area (Å²) in [6.07, 6.45) is 3.02. The molecule has 18 heavy (non-hydrogen) atoms. The molecule has 0 aliphatic heterocycles. The van der Waals surface area contributed by atoms with Gasteiger partial charge < -0.3 is 5.11 Å². The Balaban J connectivity index is 2.36. The fourth-order valence-corrected chi connectivity index (χ4v) is 2.29. The smallest absolute Gasteiger partial charge is 0.0811 e. The fraction of sp³-hybridized carbons (Fsp3) is 0.400. The minimum atomic E-state index is -0.470. The molecule has 96 valence electrons. The molecule has 0 bridgehead atoms. The Kier molecular flexibility index (Phi) is 4.20. The highest BCUT2D eigenvalue weighted by Crippen LogP contribution is 2.30. The highest BCUT2D eigenvalue weighted by atomic mass is 35.5. The first-order valence-corrected chi connectivity index (χ1v) is 6.68. The molecule has 0 aliphatic carbocycles. The molecule has 0 radical (unpaired) electrons. The Hall–Kier alpha value is -1.12. The van der Waals surface area contributed by atoms with Crippen LogP contribution in [0.1, 0.15) is 38.4 Å². The number of hydrogen-bond donors (Lipinski definition) is 1. The molecule has 1 atom stereocenters. The van der Waals surface area contributed by atoms with Crippen LogP contribution < -0.4 is 0 Å². The first-order chi connectivity index (χ1) is 8.59. The number of hydrogen-bond acceptors (Lipinski definition) is 2. The molecule has 0 saturated heterocycles. The quantitative estimate of drug-likeness (QED) is 0.889. The standard InChI is InChI=1S/C15H18ClNO/c1-10(2)5-8-14(18)12-6-7-13(16)11-4-3-9-17-15(11)12/h3-4,6-7,9-10,14,18H,5,8H2,1-2H3. The highest BCUT2D eigenvalue weighted by molar-refractivity contribution is 6.35. The first-order valence-electron chi connectivity index (χ1n) is 6.30. The second-order valence-electron chi connectivity index (χ2n) is 5.02. The summed E-state index contributed by atoms with van der Waals surface area (Å²) < 4.78 is 0. The SMILES string of the molecule is CC(C)CCC(O)c1ccc(Cl)c2cccnc12. The number of benzene rings is 1. The van der Waals surface area contributed by atoms with E-state index >= 15 is 0 Å². The Labute approximate surface area is 113 Å². The molecule has 3 heteroatoms. The van der Waals surface area contributed by atoms with Crippen molar-refractivity contribution in [3.63, 3.8) is 0 Å². The van der Waals surface area contributed by atoms with Gasteiger partial charge >= 0.3 is 0 Å². The summed E-state index contributed by atoms with van der Waals surface area (Å²) >= 11 is 6.14. The van der Waals surface area contributed by atoms with Crippen molar-refractivity contribution in [2.75, 3.05) is 0 Å². The molecule has 2 nitrogen and oxygen atoms in total. The summed E-state index contributed by atoms with van der Waals surface area (Å²) in [6.45, 7) is 4.32. The third-order valence-corrected chi connectivity index (χ3v) is 3.45. The van der Waals surface area contributed by atoms with Gasteiger partial charge in [0.2, 0.25) is 0 Å². The Morgan fingerprint density at radius 2 is 2.00 bits per heavy atom. The van der Waals surface area contributed by atoms with Crippen LogP contribution in [0.2, 0.25) is 5.02 Å². The lowest BCUT2D eigenvalue weighted by molar-refractivity contribution is 0.160. The van der Waals surface area contributed by atoms with Gasteiger partial charge in [0.1, 0.15) is 0 Å². The zero-order valence-corrected chi connectivity index (χ0v) is 11.5. The fourth-order valence-electron chi connectivity index (χ4n) is 2.08. The van der Waals surface area contributed by atoms with Crippen molar-refractivity contribution in [2.45, 2.75) is 32.8 Å². The van der Waals surface area contributed by atoms with E-state index in [4.69, 9.17) is 11.6 Å². The average Bonchev–Trinajstić information content (AvgIpc) is 2.37. The lowest BCUT2D eigenvalue weighted by atomic mass is 9.98. The summed E-state index contributed by atoms with van der Waals surface area (Å²) in [4.78, 5) is 4.35. The largest absolute Gasteiger partial charge is 0.388 e. The van der Waals surface area contributed by atoms with E-state index in [1.165, 1.54) is 0 Å². The van der Waals surface area contributed by atoms with Crippen molar-refractivity contribution in [2.24, 2.45) is 5.92 Å². The van der Waals surface area contributed by atoms with E-state index in [9.17, 15) is 5.11 Å². The minimum Gasteiger partial charge on any atom is -0.388 e. The molecule has 2 rings (SSSR count). The van der Waals surface area contributed by atoms with E-state index in [2.05, 4.69) is 18.8 Å². The number of aliphatic hydroxyl groups is 1. The predicted octanol–water partition coefficient (Wildman–Crippen LogP) is 4.36. The minimum absolute atomic E-state index is 0.470. The third-order valence-electron chi connectivity index (χ3n) is 3.12. The summed E-state index contributed by atoms with van der Waals surface area (Å²) in [5, 5.41) is 11.9. The van der Waals surface area contributed by atoms with Gasteiger partial charge in [0.05, 0.1) is 11.6 Å². The van der Waals surface area contributed by atoms with E-state index in [0.717, 1.165) is 29.3 Å². The van der Waals surface area contributed by atoms with Gasteiger partial charge in [-0.15, -0.1) is 0 Å². The van der Waals surface area contributed by atoms with Crippen LogP contribution in [0, 0.1) is 5.92 Å². The maximum absolute atomic E-state index is 10.3. The maximum Gasteiger partial charge on any atom is 0.0811 e. The van der Waals surface area contributed by atoms with E-state index in [1.54, 1.807) is 6.20 Å². The van der Waals surface area contributed by atoms with E-state index in [-0.39, 0.29) is 0 Å². The lowest BCUT2D eigenvalue weighted by Gasteiger charge is -2.14. The van der Waals surface area contributed by atoms with E-state index in [0.29, 0.717) is 10.9 Å². The van der Waals surface area contributed by atoms with Gasteiger partial charge in [-0.1, -0.05) is 31.5 Å². The van der Waals surface area contributed by atoms with Crippen LogP contribution >= 0.6 is 11.6 Å². The monoisotopic (exact) mass is 263 g/mol. The van der Waals surface area contributed by atoms with Crippen molar-refractivity contribution in [3.8, 4) is 0 Å². The molecule has 2 aromatic rings. The molecule has 1 unspecified atom stereocenters. The van der Waals surface area contributed by atoms with E-state index < -0.39 is 6.10 Å². The lowest BCUT2D eigenvalue weighted by Crippen LogP contribution is -2.01. The Morgan fingerprint density at radius 1 is 1.22 bits per heavy atom. The number of fused-ring (bicyclic) bond motifs is 1. The zero-order valence-electron chi connectivity index (χ0n) is 10.7. The molecular weight excluding hydrogens is 246 g/mol. The van der Waals surface area contributed by atoms with Gasteiger partial charge in [-0.3, -0.25) is 4.98 Å². The second-order valence-corrected chi connectivity index (χ2v) is 5.43. The van der Waals surface area contributed by atoms with Gasteiger partial charge in [0.25, 0.3) is 0 Å². The van der Waals surface area contributed by atoms with Crippen LogP contribution in [0.4, 0.5) is 0 Å². The van der Waals surface area contributed by atoms with Crippen molar-refractivity contribution in [1.29, 1.82) is 0 Å². The first kappa shape index (κ1) is 13.3. The predicted molar refractivity (Wildman–Crippen MR) is 75.8 cm³/mol. The maximum atomic E-state index is 10.3. The number of rotatable bonds is 4. The van der Waals surface area contributed by atoms with Crippen molar-refractivity contribution >= 4 is 22.5 Å². The van der Waals surface area contributed by atoms with Gasteiger partial charge in [-0.05, 0) is 37.0 Å². The van der Waals surface area contributed by atoms with Crippen LogP contribution in [-0.2, 0) is 0 Å². The van der Waals surface area contributed by atoms with Crippen LogP contribution in [0.3, 0.4) is 0 Å². The number of nitrogens with zero attached hydrogens (tertiary/aromatic N) is 1. The Bertz CT molecular complexity index is 539. The van der Waals surface area contributed by atoms with Crippen molar-refractivity contribution in [1.82, 2.24) is 4.98 Å².